The zero-order valence-electron chi connectivity index (χ0n) is 12.6. The summed E-state index contributed by atoms with van der Waals surface area (Å²) in [6.07, 6.45) is 2.22. The van der Waals surface area contributed by atoms with E-state index >= 15 is 0 Å². The van der Waals surface area contributed by atoms with Crippen molar-refractivity contribution in [1.29, 1.82) is 0 Å². The summed E-state index contributed by atoms with van der Waals surface area (Å²) in [5.74, 6) is 1.10. The Balaban J connectivity index is 2.33. The van der Waals surface area contributed by atoms with E-state index in [9.17, 15) is 4.79 Å². The second-order valence-corrected chi connectivity index (χ2v) is 5.51. The van der Waals surface area contributed by atoms with Gasteiger partial charge >= 0.3 is 0 Å². The second kappa shape index (κ2) is 6.16. The highest BCUT2D eigenvalue weighted by molar-refractivity contribution is 6.02. The molecule has 1 aromatic rings. The summed E-state index contributed by atoms with van der Waals surface area (Å²) in [7, 11) is 0. The molecule has 1 aliphatic heterocycles. The van der Waals surface area contributed by atoms with Crippen LogP contribution in [0.5, 0.6) is 5.75 Å². The Hall–Kier alpha value is -1.71. The third-order valence-corrected chi connectivity index (χ3v) is 4.21. The molecule has 0 radical (unpaired) electrons. The number of likely N-dealkylation sites (tertiary alicyclic amines) is 1. The normalized spacial score (nSPS) is 22.6. The van der Waals surface area contributed by atoms with Crippen molar-refractivity contribution in [1.82, 2.24) is 4.90 Å². The molecule has 0 saturated carbocycles. The molecule has 0 aromatic heterocycles. The molecule has 1 saturated heterocycles. The number of carbonyl (C=O) groups is 1. The van der Waals surface area contributed by atoms with Crippen molar-refractivity contribution >= 4 is 11.6 Å². The van der Waals surface area contributed by atoms with E-state index in [-0.39, 0.29) is 11.9 Å². The molecule has 0 aliphatic carbocycles. The molecule has 1 fully saturated rings. The molecule has 1 aromatic carbocycles. The average molecular weight is 276 g/mol. The maximum absolute atomic E-state index is 12.8. The minimum Gasteiger partial charge on any atom is -0.493 e. The molecule has 1 amide bonds. The van der Waals surface area contributed by atoms with Gasteiger partial charge in [-0.2, -0.15) is 0 Å². The first-order valence-corrected chi connectivity index (χ1v) is 7.38. The number of nitrogen functional groups attached to an aromatic ring is 1. The number of carbonyl (C=O) groups excluding carboxylic acids is 1. The van der Waals surface area contributed by atoms with Crippen LogP contribution >= 0.6 is 0 Å². The van der Waals surface area contributed by atoms with Gasteiger partial charge in [0.15, 0.2) is 0 Å². The summed E-state index contributed by atoms with van der Waals surface area (Å²) in [5.41, 5.74) is 7.01. The minimum absolute atomic E-state index is 0.00870. The molecule has 2 atom stereocenters. The van der Waals surface area contributed by atoms with Crippen LogP contribution in [-0.2, 0) is 0 Å². The third-order valence-electron chi connectivity index (χ3n) is 4.21. The number of ether oxygens (including phenoxy) is 1. The van der Waals surface area contributed by atoms with E-state index in [1.54, 1.807) is 6.07 Å². The topological polar surface area (TPSA) is 55.6 Å². The van der Waals surface area contributed by atoms with Gasteiger partial charge in [0.1, 0.15) is 11.3 Å². The number of rotatable bonds is 3. The first kappa shape index (κ1) is 14.7. The summed E-state index contributed by atoms with van der Waals surface area (Å²) < 4.78 is 5.56. The fourth-order valence-corrected chi connectivity index (χ4v) is 2.82. The molecule has 0 bridgehead atoms. The van der Waals surface area contributed by atoms with E-state index in [0.29, 0.717) is 29.5 Å². The molecule has 4 nitrogen and oxygen atoms in total. The number of benzene rings is 1. The van der Waals surface area contributed by atoms with Crippen LogP contribution in [0.2, 0.25) is 0 Å². The van der Waals surface area contributed by atoms with E-state index in [1.165, 1.54) is 6.42 Å². The Morgan fingerprint density at radius 3 is 2.90 bits per heavy atom. The van der Waals surface area contributed by atoms with Crippen molar-refractivity contribution in [3.8, 4) is 5.75 Å². The average Bonchev–Trinajstić information content (AvgIpc) is 2.42. The van der Waals surface area contributed by atoms with Crippen LogP contribution < -0.4 is 10.5 Å². The van der Waals surface area contributed by atoms with E-state index < -0.39 is 0 Å². The van der Waals surface area contributed by atoms with Crippen LogP contribution in [-0.4, -0.2) is 30.0 Å². The van der Waals surface area contributed by atoms with Gasteiger partial charge in [0.05, 0.1) is 6.61 Å². The predicted octanol–water partition coefficient (Wildman–Crippen LogP) is 2.93. The Morgan fingerprint density at radius 1 is 1.45 bits per heavy atom. The monoisotopic (exact) mass is 276 g/mol. The van der Waals surface area contributed by atoms with Gasteiger partial charge in [-0.25, -0.2) is 0 Å². The zero-order chi connectivity index (χ0) is 14.7. The maximum atomic E-state index is 12.8. The van der Waals surface area contributed by atoms with E-state index in [2.05, 4.69) is 13.8 Å². The molecular weight excluding hydrogens is 252 g/mol. The minimum atomic E-state index is -0.00870. The van der Waals surface area contributed by atoms with Crippen LogP contribution in [0.15, 0.2) is 18.2 Å². The highest BCUT2D eigenvalue weighted by atomic mass is 16.5. The number of piperidine rings is 1. The fourth-order valence-electron chi connectivity index (χ4n) is 2.82. The third kappa shape index (κ3) is 2.74. The quantitative estimate of drug-likeness (QED) is 0.864. The summed E-state index contributed by atoms with van der Waals surface area (Å²) in [6, 6.07) is 5.63. The van der Waals surface area contributed by atoms with Crippen molar-refractivity contribution in [2.45, 2.75) is 39.7 Å². The van der Waals surface area contributed by atoms with Gasteiger partial charge in [-0.15, -0.1) is 0 Å². The SMILES string of the molecule is CCOc1cccc(N)c1C(=O)N1CCCC(C)C1C. The van der Waals surface area contributed by atoms with Crippen LogP contribution in [0.3, 0.4) is 0 Å². The van der Waals surface area contributed by atoms with Gasteiger partial charge in [-0.3, -0.25) is 4.79 Å². The van der Waals surface area contributed by atoms with Gasteiger partial charge < -0.3 is 15.4 Å². The highest BCUT2D eigenvalue weighted by Crippen LogP contribution is 2.30. The molecular formula is C16H24N2O2. The van der Waals surface area contributed by atoms with Crippen molar-refractivity contribution in [2.75, 3.05) is 18.9 Å². The van der Waals surface area contributed by atoms with Crippen LogP contribution in [0.1, 0.15) is 44.0 Å². The standard InChI is InChI=1S/C16H24N2O2/c1-4-20-14-9-5-8-13(17)15(14)16(19)18-10-6-7-11(2)12(18)3/h5,8-9,11-12H,4,6-7,10,17H2,1-3H3. The number of hydrogen-bond acceptors (Lipinski definition) is 3. The lowest BCUT2D eigenvalue weighted by Gasteiger charge is -2.38. The summed E-state index contributed by atoms with van der Waals surface area (Å²) in [6.45, 7) is 7.53. The largest absolute Gasteiger partial charge is 0.493 e. The molecule has 2 rings (SSSR count). The molecule has 110 valence electrons. The highest BCUT2D eigenvalue weighted by Gasteiger charge is 2.31. The number of anilines is 1. The van der Waals surface area contributed by atoms with E-state index in [0.717, 1.165) is 13.0 Å². The van der Waals surface area contributed by atoms with E-state index in [4.69, 9.17) is 10.5 Å². The Labute approximate surface area is 120 Å². The Morgan fingerprint density at radius 2 is 2.20 bits per heavy atom. The van der Waals surface area contributed by atoms with Gasteiger partial charge in [-0.05, 0) is 44.7 Å². The second-order valence-electron chi connectivity index (χ2n) is 5.51. The van der Waals surface area contributed by atoms with Crippen molar-refractivity contribution in [2.24, 2.45) is 5.92 Å². The number of nitrogens with zero attached hydrogens (tertiary/aromatic N) is 1. The first-order valence-electron chi connectivity index (χ1n) is 7.38. The molecule has 0 spiro atoms. The fraction of sp³-hybridized carbons (Fsp3) is 0.562. The molecule has 20 heavy (non-hydrogen) atoms. The first-order chi connectivity index (χ1) is 9.56. The van der Waals surface area contributed by atoms with Gasteiger partial charge in [-0.1, -0.05) is 13.0 Å². The maximum Gasteiger partial charge on any atom is 0.259 e. The molecule has 4 heteroatoms. The lowest BCUT2D eigenvalue weighted by molar-refractivity contribution is 0.0548. The van der Waals surface area contributed by atoms with E-state index in [1.807, 2.05) is 24.0 Å². The summed E-state index contributed by atoms with van der Waals surface area (Å²) >= 11 is 0. The molecule has 1 heterocycles. The number of amides is 1. The lowest BCUT2D eigenvalue weighted by atomic mass is 9.91. The molecule has 2 N–H and O–H groups in total. The Kier molecular flexibility index (Phi) is 4.53. The van der Waals surface area contributed by atoms with Crippen LogP contribution in [0.25, 0.3) is 0 Å². The van der Waals surface area contributed by atoms with Gasteiger partial charge in [0, 0.05) is 18.3 Å². The number of nitrogens with two attached hydrogens (primary N) is 1. The summed E-state index contributed by atoms with van der Waals surface area (Å²) in [4.78, 5) is 14.8. The smallest absolute Gasteiger partial charge is 0.259 e. The van der Waals surface area contributed by atoms with Gasteiger partial charge in [0.2, 0.25) is 0 Å². The van der Waals surface area contributed by atoms with Crippen molar-refractivity contribution in [3.05, 3.63) is 23.8 Å². The Bertz CT molecular complexity index is 487. The predicted molar refractivity (Wildman–Crippen MR) is 80.9 cm³/mol. The van der Waals surface area contributed by atoms with Crippen molar-refractivity contribution < 1.29 is 9.53 Å². The molecule has 1 aliphatic rings. The van der Waals surface area contributed by atoms with Crippen LogP contribution in [0.4, 0.5) is 5.69 Å². The number of hydrogen-bond donors (Lipinski definition) is 1. The zero-order valence-corrected chi connectivity index (χ0v) is 12.6. The van der Waals surface area contributed by atoms with Crippen molar-refractivity contribution in [3.63, 3.8) is 0 Å². The summed E-state index contributed by atoms with van der Waals surface area (Å²) in [5, 5.41) is 0. The molecule has 2 unspecified atom stereocenters. The van der Waals surface area contributed by atoms with Gasteiger partial charge in [0.25, 0.3) is 5.91 Å². The lowest BCUT2D eigenvalue weighted by Crippen LogP contribution is -2.46. The van der Waals surface area contributed by atoms with Crippen LogP contribution in [0, 0.1) is 5.92 Å².